The van der Waals surface area contributed by atoms with Crippen molar-refractivity contribution in [2.45, 2.75) is 38.9 Å². The average Bonchev–Trinajstić information content (AvgIpc) is 3.13. The van der Waals surface area contributed by atoms with Crippen molar-refractivity contribution >= 4 is 22.8 Å². The Morgan fingerprint density at radius 2 is 2.23 bits per heavy atom. The third kappa shape index (κ3) is 4.15. The molecule has 2 aromatic heterocycles. The number of piperidine rings is 1. The van der Waals surface area contributed by atoms with E-state index < -0.39 is 5.56 Å². The highest BCUT2D eigenvalue weighted by Gasteiger charge is 2.24. The Kier molecular flexibility index (Phi) is 5.73. The van der Waals surface area contributed by atoms with Gasteiger partial charge in [0.15, 0.2) is 5.78 Å². The number of benzene rings is 1. The second-order valence-corrected chi connectivity index (χ2v) is 7.59. The SMILES string of the molecule is CC#CCn1c(N2CCCC(N)C2)nc2cnn(CC(=O)c3cccc(O)c3)c(=O)c21. The Morgan fingerprint density at radius 1 is 1.39 bits per heavy atom. The van der Waals surface area contributed by atoms with Crippen LogP contribution in [-0.2, 0) is 13.1 Å². The molecular weight excluding hydrogens is 396 g/mol. The highest BCUT2D eigenvalue weighted by Crippen LogP contribution is 2.23. The number of nitrogens with zero attached hydrogens (tertiary/aromatic N) is 5. The number of Topliss-reactive ketones (excluding diaryl/α,β-unsaturated/α-hetero) is 1. The molecule has 9 heteroatoms. The third-order valence-corrected chi connectivity index (χ3v) is 5.35. The van der Waals surface area contributed by atoms with Crippen LogP contribution in [0, 0.1) is 11.8 Å². The minimum Gasteiger partial charge on any atom is -0.508 e. The van der Waals surface area contributed by atoms with Gasteiger partial charge in [0, 0.05) is 24.7 Å². The first-order valence-electron chi connectivity index (χ1n) is 10.2. The monoisotopic (exact) mass is 420 g/mol. The van der Waals surface area contributed by atoms with Crippen LogP contribution in [0.25, 0.3) is 11.0 Å². The van der Waals surface area contributed by atoms with Gasteiger partial charge in [0.1, 0.15) is 23.3 Å². The van der Waals surface area contributed by atoms with Gasteiger partial charge in [-0.25, -0.2) is 9.67 Å². The van der Waals surface area contributed by atoms with E-state index in [1.807, 2.05) is 0 Å². The number of anilines is 1. The van der Waals surface area contributed by atoms with E-state index in [2.05, 4.69) is 26.8 Å². The van der Waals surface area contributed by atoms with Crippen LogP contribution in [0.15, 0.2) is 35.3 Å². The van der Waals surface area contributed by atoms with Crippen LogP contribution in [-0.4, -0.2) is 49.4 Å². The molecule has 0 saturated carbocycles. The van der Waals surface area contributed by atoms with Crippen LogP contribution >= 0.6 is 0 Å². The van der Waals surface area contributed by atoms with Crippen molar-refractivity contribution in [1.82, 2.24) is 19.3 Å². The second kappa shape index (κ2) is 8.62. The van der Waals surface area contributed by atoms with Crippen molar-refractivity contribution in [3.05, 3.63) is 46.4 Å². The summed E-state index contributed by atoms with van der Waals surface area (Å²) in [5.74, 6) is 6.17. The minimum absolute atomic E-state index is 0.0118. The van der Waals surface area contributed by atoms with Gasteiger partial charge < -0.3 is 15.7 Å². The first-order chi connectivity index (χ1) is 15.0. The number of phenols is 1. The van der Waals surface area contributed by atoms with Gasteiger partial charge in [-0.15, -0.1) is 5.92 Å². The van der Waals surface area contributed by atoms with Gasteiger partial charge in [0.05, 0.1) is 12.7 Å². The van der Waals surface area contributed by atoms with Gasteiger partial charge in [-0.05, 0) is 31.9 Å². The number of phenolic OH excluding ortho intramolecular Hbond substituents is 1. The summed E-state index contributed by atoms with van der Waals surface area (Å²) in [7, 11) is 0. The number of fused-ring (bicyclic) bond motifs is 1. The maximum Gasteiger partial charge on any atom is 0.293 e. The van der Waals surface area contributed by atoms with E-state index >= 15 is 0 Å². The number of rotatable bonds is 5. The fourth-order valence-electron chi connectivity index (χ4n) is 3.83. The van der Waals surface area contributed by atoms with Crippen LogP contribution in [0.3, 0.4) is 0 Å². The summed E-state index contributed by atoms with van der Waals surface area (Å²) >= 11 is 0. The summed E-state index contributed by atoms with van der Waals surface area (Å²) in [6.45, 7) is 3.25. The maximum atomic E-state index is 13.3. The van der Waals surface area contributed by atoms with Crippen molar-refractivity contribution in [2.24, 2.45) is 5.73 Å². The average molecular weight is 420 g/mol. The molecule has 3 N–H and O–H groups in total. The molecular formula is C22H24N6O3. The van der Waals surface area contributed by atoms with Crippen LogP contribution in [0.4, 0.5) is 5.95 Å². The van der Waals surface area contributed by atoms with Crippen molar-refractivity contribution in [3.63, 3.8) is 0 Å². The van der Waals surface area contributed by atoms with E-state index in [0.29, 0.717) is 35.6 Å². The summed E-state index contributed by atoms with van der Waals surface area (Å²) in [6.07, 6.45) is 3.40. The Labute approximate surface area is 179 Å². The number of nitrogens with two attached hydrogens (primary N) is 1. The fourth-order valence-corrected chi connectivity index (χ4v) is 3.83. The standard InChI is InChI=1S/C22H24N6O3/c1-2-3-10-27-20-18(25-22(27)26-9-5-7-16(23)13-26)12-24-28(21(20)31)14-19(30)15-6-4-8-17(29)11-15/h4,6,8,11-12,16,29H,5,7,9-10,13-14,23H2,1H3. The van der Waals surface area contributed by atoms with Gasteiger partial charge in [-0.1, -0.05) is 18.1 Å². The number of carbonyl (C=O) groups is 1. The predicted octanol–water partition coefficient (Wildman–Crippen LogP) is 1.13. The molecule has 1 aliphatic heterocycles. The molecule has 3 heterocycles. The van der Waals surface area contributed by atoms with Crippen molar-refractivity contribution in [3.8, 4) is 17.6 Å². The zero-order chi connectivity index (χ0) is 22.0. The maximum absolute atomic E-state index is 13.3. The smallest absolute Gasteiger partial charge is 0.293 e. The lowest BCUT2D eigenvalue weighted by Gasteiger charge is -2.31. The molecule has 1 unspecified atom stereocenters. The van der Waals surface area contributed by atoms with Crippen molar-refractivity contribution < 1.29 is 9.90 Å². The lowest BCUT2D eigenvalue weighted by Crippen LogP contribution is -2.44. The first kappa shape index (κ1) is 20.6. The molecule has 0 radical (unpaired) electrons. The normalized spacial score (nSPS) is 16.2. The molecule has 0 amide bonds. The van der Waals surface area contributed by atoms with Gasteiger partial charge in [-0.3, -0.25) is 14.2 Å². The van der Waals surface area contributed by atoms with E-state index in [-0.39, 0.29) is 24.1 Å². The molecule has 9 nitrogen and oxygen atoms in total. The Bertz CT molecular complexity index is 1250. The zero-order valence-electron chi connectivity index (χ0n) is 17.3. The molecule has 160 valence electrons. The van der Waals surface area contributed by atoms with Crippen molar-refractivity contribution in [2.75, 3.05) is 18.0 Å². The number of aromatic nitrogens is 4. The summed E-state index contributed by atoms with van der Waals surface area (Å²) < 4.78 is 2.90. The largest absolute Gasteiger partial charge is 0.508 e. The molecule has 0 aliphatic carbocycles. The van der Waals surface area contributed by atoms with Crippen LogP contribution < -0.4 is 16.2 Å². The van der Waals surface area contributed by atoms with Crippen LogP contribution in [0.1, 0.15) is 30.1 Å². The van der Waals surface area contributed by atoms with Gasteiger partial charge in [-0.2, -0.15) is 5.10 Å². The predicted molar refractivity (Wildman–Crippen MR) is 117 cm³/mol. The third-order valence-electron chi connectivity index (χ3n) is 5.35. The Hall–Kier alpha value is -3.64. The van der Waals surface area contributed by atoms with E-state index in [0.717, 1.165) is 24.1 Å². The molecule has 3 aromatic rings. The quantitative estimate of drug-likeness (QED) is 0.469. The molecule has 1 aromatic carbocycles. The van der Waals surface area contributed by atoms with Crippen LogP contribution in [0.5, 0.6) is 5.75 Å². The van der Waals surface area contributed by atoms with Crippen LogP contribution in [0.2, 0.25) is 0 Å². The molecule has 1 atom stereocenters. The first-order valence-corrected chi connectivity index (χ1v) is 10.2. The minimum atomic E-state index is -0.413. The Morgan fingerprint density at radius 3 is 2.97 bits per heavy atom. The summed E-state index contributed by atoms with van der Waals surface area (Å²) in [5.41, 5.74) is 6.85. The lowest BCUT2D eigenvalue weighted by molar-refractivity contribution is 0.0965. The lowest BCUT2D eigenvalue weighted by atomic mass is 10.1. The molecule has 0 bridgehead atoms. The molecule has 1 fully saturated rings. The highest BCUT2D eigenvalue weighted by atomic mass is 16.3. The van der Waals surface area contributed by atoms with E-state index in [4.69, 9.17) is 5.73 Å². The number of aromatic hydroxyl groups is 1. The number of carbonyl (C=O) groups excluding carboxylic acids is 1. The molecule has 0 spiro atoms. The molecule has 31 heavy (non-hydrogen) atoms. The van der Waals surface area contributed by atoms with Gasteiger partial charge in [0.25, 0.3) is 5.56 Å². The summed E-state index contributed by atoms with van der Waals surface area (Å²) in [6, 6.07) is 6.06. The number of ketones is 1. The molecule has 1 saturated heterocycles. The second-order valence-electron chi connectivity index (χ2n) is 7.59. The number of hydrogen-bond acceptors (Lipinski definition) is 7. The molecule has 1 aliphatic rings. The highest BCUT2D eigenvalue weighted by molar-refractivity contribution is 5.96. The van der Waals surface area contributed by atoms with E-state index in [1.54, 1.807) is 23.6 Å². The number of hydrogen-bond donors (Lipinski definition) is 2. The van der Waals surface area contributed by atoms with Gasteiger partial charge in [0.2, 0.25) is 5.95 Å². The Balaban J connectivity index is 1.75. The summed E-state index contributed by atoms with van der Waals surface area (Å²) in [5, 5.41) is 13.8. The van der Waals surface area contributed by atoms with Gasteiger partial charge >= 0.3 is 0 Å². The fraction of sp³-hybridized carbons (Fsp3) is 0.364. The number of imidazole rings is 1. The van der Waals surface area contributed by atoms with E-state index in [1.165, 1.54) is 18.3 Å². The zero-order valence-corrected chi connectivity index (χ0v) is 17.3. The topological polar surface area (TPSA) is 119 Å². The van der Waals surface area contributed by atoms with Crippen molar-refractivity contribution in [1.29, 1.82) is 0 Å². The summed E-state index contributed by atoms with van der Waals surface area (Å²) in [4.78, 5) is 32.6. The molecule has 4 rings (SSSR count). The van der Waals surface area contributed by atoms with E-state index in [9.17, 15) is 14.7 Å².